The monoisotopic (exact) mass is 448 g/mol. The quantitative estimate of drug-likeness (QED) is 0.424. The van der Waals surface area contributed by atoms with Gasteiger partial charge >= 0.3 is 0 Å². The molecule has 1 amide bonds. The minimum Gasteiger partial charge on any atom is -0.380 e. The highest BCUT2D eigenvalue weighted by molar-refractivity contribution is 8.19. The van der Waals surface area contributed by atoms with Gasteiger partial charge < -0.3 is 4.74 Å². The second-order valence-electron chi connectivity index (χ2n) is 6.96. The summed E-state index contributed by atoms with van der Waals surface area (Å²) >= 11 is 7.66. The molecule has 156 valence electrons. The van der Waals surface area contributed by atoms with Gasteiger partial charge in [-0.3, -0.25) is 14.7 Å². The number of ether oxygens (including phenoxy) is 1. The van der Waals surface area contributed by atoms with Crippen LogP contribution >= 0.6 is 23.4 Å². The van der Waals surface area contributed by atoms with Crippen LogP contribution in [0.2, 0.25) is 5.02 Å². The lowest BCUT2D eigenvalue weighted by atomic mass is 10.1. The van der Waals surface area contributed by atoms with Crippen LogP contribution in [0.25, 0.3) is 6.08 Å². The van der Waals surface area contributed by atoms with Crippen molar-refractivity contribution in [3.8, 4) is 0 Å². The number of amidine groups is 1. The number of carbonyl (C=O) groups excluding carboxylic acids is 1. The van der Waals surface area contributed by atoms with Gasteiger partial charge in [0, 0.05) is 12.1 Å². The normalized spacial score (nSPS) is 16.5. The molecule has 1 heterocycles. The van der Waals surface area contributed by atoms with E-state index in [4.69, 9.17) is 21.3 Å². The lowest BCUT2D eigenvalue weighted by Crippen LogP contribution is -2.28. The molecular weight excluding hydrogens is 428 g/mol. The number of rotatable bonds is 6. The van der Waals surface area contributed by atoms with Gasteiger partial charge in [0.2, 0.25) is 0 Å². The summed E-state index contributed by atoms with van der Waals surface area (Å²) in [5.74, 6) is -0.0914. The van der Waals surface area contributed by atoms with E-state index in [2.05, 4.69) is 0 Å². The SMILES string of the molecule is COCc1cccc(C=C2SC(=NCc3ccccc3Cl)N(c3ccccc3)C2=O)c1. The maximum absolute atomic E-state index is 13.3. The molecule has 1 aliphatic rings. The first-order valence-corrected chi connectivity index (χ1v) is 11.0. The number of hydrogen-bond acceptors (Lipinski definition) is 4. The number of benzene rings is 3. The van der Waals surface area contributed by atoms with Gasteiger partial charge in [-0.1, -0.05) is 66.2 Å². The molecular formula is C25H21ClN2O2S. The largest absolute Gasteiger partial charge is 0.380 e. The van der Waals surface area contributed by atoms with Gasteiger partial charge in [-0.2, -0.15) is 0 Å². The van der Waals surface area contributed by atoms with E-state index in [1.54, 1.807) is 12.0 Å². The summed E-state index contributed by atoms with van der Waals surface area (Å²) in [6, 6.07) is 25.1. The molecule has 4 rings (SSSR count). The lowest BCUT2D eigenvalue weighted by molar-refractivity contribution is -0.113. The van der Waals surface area contributed by atoms with E-state index in [1.807, 2.05) is 84.9 Å². The van der Waals surface area contributed by atoms with Crippen molar-refractivity contribution in [2.45, 2.75) is 13.2 Å². The van der Waals surface area contributed by atoms with Gasteiger partial charge in [0.15, 0.2) is 5.17 Å². The Balaban J connectivity index is 1.68. The van der Waals surface area contributed by atoms with Crippen molar-refractivity contribution < 1.29 is 9.53 Å². The van der Waals surface area contributed by atoms with Crippen molar-refractivity contribution in [1.29, 1.82) is 0 Å². The number of aliphatic imine (C=N–C) groups is 1. The lowest BCUT2D eigenvalue weighted by Gasteiger charge is -2.15. The van der Waals surface area contributed by atoms with E-state index in [-0.39, 0.29) is 5.91 Å². The first-order chi connectivity index (χ1) is 15.2. The Morgan fingerprint density at radius 1 is 1.03 bits per heavy atom. The second-order valence-corrected chi connectivity index (χ2v) is 8.37. The molecule has 0 aliphatic carbocycles. The fraction of sp³-hybridized carbons (Fsp3) is 0.120. The zero-order valence-electron chi connectivity index (χ0n) is 17.0. The second kappa shape index (κ2) is 9.96. The predicted molar refractivity (Wildman–Crippen MR) is 129 cm³/mol. The summed E-state index contributed by atoms with van der Waals surface area (Å²) in [6.07, 6.45) is 1.90. The third-order valence-corrected chi connectivity index (χ3v) is 6.10. The van der Waals surface area contributed by atoms with Crippen molar-refractivity contribution in [2.24, 2.45) is 4.99 Å². The third kappa shape index (κ3) is 5.07. The molecule has 0 atom stereocenters. The van der Waals surface area contributed by atoms with Crippen molar-refractivity contribution in [3.63, 3.8) is 0 Å². The van der Waals surface area contributed by atoms with E-state index in [9.17, 15) is 4.79 Å². The van der Waals surface area contributed by atoms with Crippen LogP contribution in [-0.2, 0) is 22.7 Å². The zero-order chi connectivity index (χ0) is 21.6. The van der Waals surface area contributed by atoms with Gasteiger partial charge in [-0.05, 0) is 58.8 Å². The summed E-state index contributed by atoms with van der Waals surface area (Å²) in [4.78, 5) is 20.3. The van der Waals surface area contributed by atoms with E-state index in [0.29, 0.717) is 28.2 Å². The number of hydrogen-bond donors (Lipinski definition) is 0. The van der Waals surface area contributed by atoms with Gasteiger partial charge in [-0.25, -0.2) is 0 Å². The van der Waals surface area contributed by atoms with E-state index >= 15 is 0 Å². The van der Waals surface area contributed by atoms with Crippen molar-refractivity contribution in [2.75, 3.05) is 12.0 Å². The predicted octanol–water partition coefficient (Wildman–Crippen LogP) is 6.16. The van der Waals surface area contributed by atoms with Gasteiger partial charge in [0.05, 0.1) is 23.7 Å². The molecule has 0 saturated carbocycles. The molecule has 1 fully saturated rings. The fourth-order valence-electron chi connectivity index (χ4n) is 3.25. The average molecular weight is 449 g/mol. The van der Waals surface area contributed by atoms with Crippen LogP contribution in [-0.4, -0.2) is 18.2 Å². The molecule has 1 saturated heterocycles. The molecule has 0 bridgehead atoms. The molecule has 0 N–H and O–H groups in total. The van der Waals surface area contributed by atoms with Crippen molar-refractivity contribution in [1.82, 2.24) is 0 Å². The van der Waals surface area contributed by atoms with Gasteiger partial charge in [-0.15, -0.1) is 0 Å². The summed E-state index contributed by atoms with van der Waals surface area (Å²) in [5.41, 5.74) is 3.71. The van der Waals surface area contributed by atoms with Crippen LogP contribution in [0.4, 0.5) is 5.69 Å². The Morgan fingerprint density at radius 2 is 1.81 bits per heavy atom. The fourth-order valence-corrected chi connectivity index (χ4v) is 4.43. The highest BCUT2D eigenvalue weighted by Crippen LogP contribution is 2.36. The molecule has 4 nitrogen and oxygen atoms in total. The first-order valence-electron chi connectivity index (χ1n) is 9.80. The van der Waals surface area contributed by atoms with Gasteiger partial charge in [0.1, 0.15) is 0 Å². The Kier molecular flexibility index (Phi) is 6.87. The topological polar surface area (TPSA) is 41.9 Å². The summed E-state index contributed by atoms with van der Waals surface area (Å²) < 4.78 is 5.22. The smallest absolute Gasteiger partial charge is 0.271 e. The Labute approximate surface area is 191 Å². The number of thioether (sulfide) groups is 1. The van der Waals surface area contributed by atoms with Crippen LogP contribution in [0.3, 0.4) is 0 Å². The number of para-hydroxylation sites is 1. The number of methoxy groups -OCH3 is 1. The zero-order valence-corrected chi connectivity index (χ0v) is 18.6. The van der Waals surface area contributed by atoms with Gasteiger partial charge in [0.25, 0.3) is 5.91 Å². The molecule has 3 aromatic rings. The maximum Gasteiger partial charge on any atom is 0.271 e. The van der Waals surface area contributed by atoms with E-state index < -0.39 is 0 Å². The number of carbonyl (C=O) groups is 1. The minimum absolute atomic E-state index is 0.0914. The van der Waals surface area contributed by atoms with Crippen LogP contribution in [0, 0.1) is 0 Å². The summed E-state index contributed by atoms with van der Waals surface area (Å²) in [6.45, 7) is 0.925. The van der Waals surface area contributed by atoms with Crippen LogP contribution in [0.15, 0.2) is 88.8 Å². The molecule has 6 heteroatoms. The van der Waals surface area contributed by atoms with E-state index in [0.717, 1.165) is 22.4 Å². The average Bonchev–Trinajstić information content (AvgIpc) is 3.09. The molecule has 1 aliphatic heterocycles. The maximum atomic E-state index is 13.3. The Bertz CT molecular complexity index is 1150. The van der Waals surface area contributed by atoms with Crippen LogP contribution in [0.5, 0.6) is 0 Å². The van der Waals surface area contributed by atoms with Crippen molar-refractivity contribution >= 4 is 46.2 Å². The number of nitrogens with zero attached hydrogens (tertiary/aromatic N) is 2. The summed E-state index contributed by atoms with van der Waals surface area (Å²) in [5, 5.41) is 1.30. The number of halogens is 1. The highest BCUT2D eigenvalue weighted by Gasteiger charge is 2.34. The molecule has 0 spiro atoms. The minimum atomic E-state index is -0.0914. The standard InChI is InChI=1S/C25H21ClN2O2S/c1-30-17-19-9-7-8-18(14-19)15-23-24(29)28(21-11-3-2-4-12-21)25(31-23)27-16-20-10-5-6-13-22(20)26/h2-15H,16-17H2,1H3. The molecule has 0 radical (unpaired) electrons. The number of amides is 1. The molecule has 0 unspecified atom stereocenters. The molecule has 3 aromatic carbocycles. The first kappa shape index (κ1) is 21.4. The van der Waals surface area contributed by atoms with E-state index in [1.165, 1.54) is 11.8 Å². The third-order valence-electron chi connectivity index (χ3n) is 4.72. The number of anilines is 1. The highest BCUT2D eigenvalue weighted by atomic mass is 35.5. The molecule has 31 heavy (non-hydrogen) atoms. The molecule has 0 aromatic heterocycles. The van der Waals surface area contributed by atoms with Crippen LogP contribution < -0.4 is 4.90 Å². The summed E-state index contributed by atoms with van der Waals surface area (Å²) in [7, 11) is 1.67. The van der Waals surface area contributed by atoms with Crippen molar-refractivity contribution in [3.05, 3.63) is 105 Å². The Morgan fingerprint density at radius 3 is 2.58 bits per heavy atom. The Hall–Kier alpha value is -2.86. The van der Waals surface area contributed by atoms with Crippen LogP contribution in [0.1, 0.15) is 16.7 Å².